The summed E-state index contributed by atoms with van der Waals surface area (Å²) >= 11 is 0. The number of hydrogen-bond acceptors (Lipinski definition) is 2. The Morgan fingerprint density at radius 1 is 1.64 bits per heavy atom. The van der Waals surface area contributed by atoms with Crippen molar-refractivity contribution in [3.8, 4) is 0 Å². The number of nitrogens with two attached hydrogens (primary N) is 1. The maximum absolute atomic E-state index is 10.6. The third-order valence-electron chi connectivity index (χ3n) is 1.43. The molecule has 0 aromatic rings. The Balaban J connectivity index is 3.89. The van der Waals surface area contributed by atoms with E-state index in [1.165, 1.54) is 6.92 Å². The molecule has 0 spiro atoms. The Bertz CT molecular complexity index is 154. The van der Waals surface area contributed by atoms with Gasteiger partial charge in [0.1, 0.15) is 0 Å². The first kappa shape index (κ1) is 10.2. The third kappa shape index (κ3) is 4.56. The van der Waals surface area contributed by atoms with Crippen molar-refractivity contribution < 1.29 is 4.79 Å². The molecule has 0 radical (unpaired) electrons. The van der Waals surface area contributed by atoms with Crippen LogP contribution in [0.5, 0.6) is 0 Å². The van der Waals surface area contributed by atoms with Crippen LogP contribution in [-0.2, 0) is 4.79 Å². The van der Waals surface area contributed by atoms with Crippen molar-refractivity contribution in [3.63, 3.8) is 0 Å². The van der Waals surface area contributed by atoms with Crippen molar-refractivity contribution in [1.29, 1.82) is 0 Å². The highest BCUT2D eigenvalue weighted by molar-refractivity contribution is 5.73. The van der Waals surface area contributed by atoms with E-state index in [4.69, 9.17) is 5.73 Å². The molecule has 0 fully saturated rings. The summed E-state index contributed by atoms with van der Waals surface area (Å²) in [5, 5.41) is 2.76. The Hall–Kier alpha value is -0.830. The molecule has 0 rings (SSSR count). The van der Waals surface area contributed by atoms with E-state index in [2.05, 4.69) is 11.9 Å². The normalized spacial score (nSPS) is 12.3. The number of amides is 1. The molecule has 0 aromatic carbocycles. The van der Waals surface area contributed by atoms with Crippen molar-refractivity contribution in [3.05, 3.63) is 12.2 Å². The van der Waals surface area contributed by atoms with E-state index in [0.717, 1.165) is 12.0 Å². The van der Waals surface area contributed by atoms with Gasteiger partial charge in [0.05, 0.1) is 6.04 Å². The maximum Gasteiger partial charge on any atom is 0.217 e. The Morgan fingerprint density at radius 3 is 2.45 bits per heavy atom. The summed E-state index contributed by atoms with van der Waals surface area (Å²) in [5.41, 5.74) is 6.30. The molecule has 0 aromatic heterocycles. The van der Waals surface area contributed by atoms with Crippen LogP contribution in [0, 0.1) is 0 Å². The molecule has 0 aliphatic heterocycles. The molecule has 11 heavy (non-hydrogen) atoms. The van der Waals surface area contributed by atoms with E-state index in [-0.39, 0.29) is 11.9 Å². The second kappa shape index (κ2) is 4.91. The highest BCUT2D eigenvalue weighted by Gasteiger charge is 2.08. The molecular formula is C8H16N2O. The van der Waals surface area contributed by atoms with Gasteiger partial charge in [0, 0.05) is 6.92 Å². The predicted octanol–water partition coefficient (Wildman–Crippen LogP) is 0.416. The minimum atomic E-state index is -0.0357. The second-order valence-corrected chi connectivity index (χ2v) is 2.68. The van der Waals surface area contributed by atoms with Crippen LogP contribution < -0.4 is 11.1 Å². The van der Waals surface area contributed by atoms with Gasteiger partial charge in [-0.05, 0) is 19.9 Å². The number of carbonyl (C=O) groups is 1. The van der Waals surface area contributed by atoms with Crippen LogP contribution in [0.3, 0.4) is 0 Å². The van der Waals surface area contributed by atoms with Gasteiger partial charge >= 0.3 is 0 Å². The summed E-state index contributed by atoms with van der Waals surface area (Å²) in [6.07, 6.45) is 0.759. The van der Waals surface area contributed by atoms with Gasteiger partial charge in [0.25, 0.3) is 0 Å². The maximum atomic E-state index is 10.6. The first-order valence-corrected chi connectivity index (χ1v) is 3.70. The second-order valence-electron chi connectivity index (χ2n) is 2.68. The van der Waals surface area contributed by atoms with Crippen molar-refractivity contribution in [2.24, 2.45) is 5.73 Å². The molecule has 0 heterocycles. The van der Waals surface area contributed by atoms with Crippen LogP contribution in [0.4, 0.5) is 0 Å². The van der Waals surface area contributed by atoms with Crippen molar-refractivity contribution in [2.75, 3.05) is 6.54 Å². The number of carbonyl (C=O) groups excluding carboxylic acids is 1. The lowest BCUT2D eigenvalue weighted by atomic mass is 10.1. The first-order valence-electron chi connectivity index (χ1n) is 3.70. The summed E-state index contributed by atoms with van der Waals surface area (Å²) in [6.45, 7) is 7.70. The van der Waals surface area contributed by atoms with E-state index in [1.807, 2.05) is 6.92 Å². The van der Waals surface area contributed by atoms with E-state index in [0.29, 0.717) is 6.54 Å². The van der Waals surface area contributed by atoms with Crippen molar-refractivity contribution >= 4 is 5.91 Å². The molecule has 0 aliphatic carbocycles. The van der Waals surface area contributed by atoms with E-state index in [1.54, 1.807) is 0 Å². The third-order valence-corrected chi connectivity index (χ3v) is 1.43. The number of nitrogens with one attached hydrogen (secondary N) is 1. The fourth-order valence-electron chi connectivity index (χ4n) is 0.854. The summed E-state index contributed by atoms with van der Waals surface area (Å²) < 4.78 is 0. The lowest BCUT2D eigenvalue weighted by molar-refractivity contribution is -0.119. The van der Waals surface area contributed by atoms with Gasteiger partial charge in [-0.1, -0.05) is 12.2 Å². The highest BCUT2D eigenvalue weighted by Crippen LogP contribution is 2.01. The molecule has 1 atom stereocenters. The zero-order valence-electron chi connectivity index (χ0n) is 7.18. The average Bonchev–Trinajstić information content (AvgIpc) is 1.86. The molecule has 0 unspecified atom stereocenters. The summed E-state index contributed by atoms with van der Waals surface area (Å²) in [4.78, 5) is 10.6. The predicted molar refractivity (Wildman–Crippen MR) is 46.1 cm³/mol. The van der Waals surface area contributed by atoms with Gasteiger partial charge in [-0.25, -0.2) is 0 Å². The van der Waals surface area contributed by atoms with Crippen LogP contribution in [0.1, 0.15) is 20.3 Å². The van der Waals surface area contributed by atoms with Crippen molar-refractivity contribution in [1.82, 2.24) is 5.32 Å². The molecule has 1 amide bonds. The van der Waals surface area contributed by atoms with Crippen LogP contribution in [-0.4, -0.2) is 18.5 Å². The first-order chi connectivity index (χ1) is 5.07. The molecule has 3 N–H and O–H groups in total. The summed E-state index contributed by atoms with van der Waals surface area (Å²) in [7, 11) is 0. The smallest absolute Gasteiger partial charge is 0.217 e. The quantitative estimate of drug-likeness (QED) is 0.579. The zero-order chi connectivity index (χ0) is 8.85. The van der Waals surface area contributed by atoms with Crippen LogP contribution in [0.25, 0.3) is 0 Å². The topological polar surface area (TPSA) is 55.1 Å². The van der Waals surface area contributed by atoms with E-state index >= 15 is 0 Å². The largest absolute Gasteiger partial charge is 0.350 e. The SMILES string of the molecule is C=C(C)[C@H](CCN)NC(C)=O. The molecule has 0 saturated heterocycles. The van der Waals surface area contributed by atoms with E-state index in [9.17, 15) is 4.79 Å². The fourth-order valence-corrected chi connectivity index (χ4v) is 0.854. The van der Waals surface area contributed by atoms with Gasteiger partial charge in [0.2, 0.25) is 5.91 Å². The fraction of sp³-hybridized carbons (Fsp3) is 0.625. The van der Waals surface area contributed by atoms with Gasteiger partial charge in [-0.3, -0.25) is 4.79 Å². The Labute approximate surface area is 67.7 Å². The van der Waals surface area contributed by atoms with E-state index < -0.39 is 0 Å². The molecule has 3 nitrogen and oxygen atoms in total. The molecule has 0 aliphatic rings. The van der Waals surface area contributed by atoms with Gasteiger partial charge < -0.3 is 11.1 Å². The Morgan fingerprint density at radius 2 is 2.18 bits per heavy atom. The standard InChI is InChI=1S/C8H16N2O/c1-6(2)8(4-5-9)10-7(3)11/h8H,1,4-5,9H2,2-3H3,(H,10,11)/t8-/m0/s1. The number of hydrogen-bond donors (Lipinski definition) is 2. The Kier molecular flexibility index (Phi) is 4.54. The zero-order valence-corrected chi connectivity index (χ0v) is 7.18. The van der Waals surface area contributed by atoms with Crippen LogP contribution in [0.15, 0.2) is 12.2 Å². The molecule has 64 valence electrons. The summed E-state index contributed by atoms with van der Waals surface area (Å²) in [6, 6.07) is 0.0394. The minimum absolute atomic E-state index is 0.0357. The van der Waals surface area contributed by atoms with Crippen LogP contribution >= 0.6 is 0 Å². The minimum Gasteiger partial charge on any atom is -0.350 e. The molecular weight excluding hydrogens is 140 g/mol. The number of rotatable bonds is 4. The van der Waals surface area contributed by atoms with Gasteiger partial charge in [-0.2, -0.15) is 0 Å². The monoisotopic (exact) mass is 156 g/mol. The van der Waals surface area contributed by atoms with Crippen molar-refractivity contribution in [2.45, 2.75) is 26.3 Å². The molecule has 3 heteroatoms. The molecule has 0 saturated carbocycles. The van der Waals surface area contributed by atoms with Crippen LogP contribution in [0.2, 0.25) is 0 Å². The summed E-state index contributed by atoms with van der Waals surface area (Å²) in [5.74, 6) is -0.0357. The lowest BCUT2D eigenvalue weighted by Crippen LogP contribution is -2.35. The van der Waals surface area contributed by atoms with Gasteiger partial charge in [0.15, 0.2) is 0 Å². The average molecular weight is 156 g/mol. The van der Waals surface area contributed by atoms with Gasteiger partial charge in [-0.15, -0.1) is 0 Å². The molecule has 0 bridgehead atoms. The lowest BCUT2D eigenvalue weighted by Gasteiger charge is -2.16. The highest BCUT2D eigenvalue weighted by atomic mass is 16.1.